The van der Waals surface area contributed by atoms with Crippen molar-refractivity contribution in [3.05, 3.63) is 82.1 Å². The highest BCUT2D eigenvalue weighted by molar-refractivity contribution is 9.10. The van der Waals surface area contributed by atoms with E-state index in [2.05, 4.69) is 64.3 Å². The van der Waals surface area contributed by atoms with Crippen LogP contribution in [0, 0.1) is 23.5 Å². The number of imidazole rings is 1. The second kappa shape index (κ2) is 17.5. The molecule has 3 aliphatic rings. The molecule has 0 saturated carbocycles. The molecular weight excluding hydrogens is 790 g/mol. The molecule has 0 spiro atoms. The lowest BCUT2D eigenvalue weighted by atomic mass is 9.89. The summed E-state index contributed by atoms with van der Waals surface area (Å²) in [7, 11) is 1.67. The number of rotatable bonds is 12. The van der Waals surface area contributed by atoms with Gasteiger partial charge in [0.25, 0.3) is 5.91 Å². The number of imide groups is 1. The van der Waals surface area contributed by atoms with E-state index in [1.165, 1.54) is 24.5 Å². The van der Waals surface area contributed by atoms with Gasteiger partial charge in [0.1, 0.15) is 11.3 Å². The summed E-state index contributed by atoms with van der Waals surface area (Å²) in [5.74, 6) is -2.53. The van der Waals surface area contributed by atoms with Crippen LogP contribution in [0.1, 0.15) is 60.4 Å². The number of hydrogen-bond donors (Lipinski definition) is 4. The van der Waals surface area contributed by atoms with E-state index in [0.29, 0.717) is 28.7 Å². The Hall–Kier alpha value is -4.93. The van der Waals surface area contributed by atoms with Crippen molar-refractivity contribution < 1.29 is 32.8 Å². The number of nitrogens with zero attached hydrogens (tertiary/aromatic N) is 4. The number of hydrogen-bond acceptors (Lipinski definition) is 9. The Morgan fingerprint density at radius 2 is 1.79 bits per heavy atom. The molecule has 0 bridgehead atoms. The van der Waals surface area contributed by atoms with E-state index in [0.717, 1.165) is 69.7 Å². The Kier molecular flexibility index (Phi) is 12.3. The zero-order chi connectivity index (χ0) is 39.3. The molecule has 296 valence electrons. The van der Waals surface area contributed by atoms with Crippen LogP contribution in [0.2, 0.25) is 0 Å². The van der Waals surface area contributed by atoms with Crippen molar-refractivity contribution in [3.8, 4) is 0 Å². The van der Waals surface area contributed by atoms with E-state index in [1.807, 2.05) is 12.1 Å². The number of piperidine rings is 3. The SMILES string of the molecule is Cn1cnc2c(F)c(Nc3ccc(Br)cc3F)c(C(=O)NOCCNC(=O)C3CCN(CC4CCN(c5cccc(C6CCC(=O)NC6=O)c5)CC4)CC3)cc21. The molecule has 1 unspecified atom stereocenters. The normalized spacial score (nSPS) is 18.6. The molecule has 4 heterocycles. The minimum absolute atomic E-state index is 0.0171. The summed E-state index contributed by atoms with van der Waals surface area (Å²) in [5.41, 5.74) is 4.38. The summed E-state index contributed by atoms with van der Waals surface area (Å²) in [6.45, 7) is 4.71. The standard InChI is InChI=1S/C40H45BrF2N8O5/c1-49-23-45-37-33(49)21-30(36(35(37)43)46-32-7-5-27(41)20-31(32)42)40(55)48-56-18-13-44-38(53)25-11-14-50(15-12-25)22-24-9-16-51(17-10-24)28-4-2-3-26(19-28)29-6-8-34(52)47-39(29)54/h2-5,7,19-21,23-25,29,46H,6,8-18,22H2,1H3,(H,44,53)(H,48,55)(H,47,52,54). The number of nitrogens with one attached hydrogen (secondary N) is 4. The minimum atomic E-state index is -0.814. The molecule has 7 rings (SSSR count). The first-order valence-corrected chi connectivity index (χ1v) is 19.8. The van der Waals surface area contributed by atoms with Crippen molar-refractivity contribution in [2.24, 2.45) is 18.9 Å². The van der Waals surface area contributed by atoms with Gasteiger partial charge in [-0.25, -0.2) is 19.2 Å². The van der Waals surface area contributed by atoms with Gasteiger partial charge in [-0.3, -0.25) is 29.3 Å². The van der Waals surface area contributed by atoms with Gasteiger partial charge in [-0.15, -0.1) is 0 Å². The second-order valence-corrected chi connectivity index (χ2v) is 15.7. The van der Waals surface area contributed by atoms with Crippen LogP contribution in [0.3, 0.4) is 0 Å². The van der Waals surface area contributed by atoms with E-state index >= 15 is 4.39 Å². The molecule has 56 heavy (non-hydrogen) atoms. The van der Waals surface area contributed by atoms with Crippen LogP contribution in [0.25, 0.3) is 11.0 Å². The van der Waals surface area contributed by atoms with Gasteiger partial charge in [-0.1, -0.05) is 28.1 Å². The van der Waals surface area contributed by atoms with Crippen LogP contribution in [0.15, 0.2) is 59.3 Å². The second-order valence-electron chi connectivity index (χ2n) is 14.8. The maximum atomic E-state index is 15.6. The predicted octanol–water partition coefficient (Wildman–Crippen LogP) is 5.28. The molecule has 13 nitrogen and oxygen atoms in total. The highest BCUT2D eigenvalue weighted by Gasteiger charge is 2.30. The van der Waals surface area contributed by atoms with Gasteiger partial charge >= 0.3 is 0 Å². The number of aryl methyl sites for hydroxylation is 1. The first kappa shape index (κ1) is 39.3. The minimum Gasteiger partial charge on any atom is -0.372 e. The average molecular weight is 836 g/mol. The van der Waals surface area contributed by atoms with Crippen molar-refractivity contribution in [3.63, 3.8) is 0 Å². The van der Waals surface area contributed by atoms with Gasteiger partial charge in [-0.05, 0) is 93.1 Å². The molecule has 0 radical (unpaired) electrons. The van der Waals surface area contributed by atoms with Gasteiger partial charge < -0.3 is 25.0 Å². The number of benzene rings is 3. The average Bonchev–Trinajstić information content (AvgIpc) is 3.57. The molecular formula is C40H45BrF2N8O5. The number of carbonyl (C=O) groups is 4. The lowest BCUT2D eigenvalue weighted by molar-refractivity contribution is -0.134. The fraction of sp³-hybridized carbons (Fsp3) is 0.425. The molecule has 4 N–H and O–H groups in total. The van der Waals surface area contributed by atoms with Gasteiger partial charge in [0, 0.05) is 55.7 Å². The van der Waals surface area contributed by atoms with Gasteiger partial charge in [0.15, 0.2) is 5.82 Å². The summed E-state index contributed by atoms with van der Waals surface area (Å²) < 4.78 is 32.4. The van der Waals surface area contributed by atoms with E-state index in [1.54, 1.807) is 17.7 Å². The fourth-order valence-electron chi connectivity index (χ4n) is 7.86. The maximum absolute atomic E-state index is 15.6. The van der Waals surface area contributed by atoms with Gasteiger partial charge in [0.05, 0.1) is 41.3 Å². The molecule has 3 aliphatic heterocycles. The van der Waals surface area contributed by atoms with Crippen LogP contribution in [0.4, 0.5) is 25.8 Å². The van der Waals surface area contributed by atoms with Crippen molar-refractivity contribution in [2.75, 3.05) is 56.1 Å². The smallest absolute Gasteiger partial charge is 0.277 e. The highest BCUT2D eigenvalue weighted by Crippen LogP contribution is 2.33. The molecule has 3 saturated heterocycles. The van der Waals surface area contributed by atoms with Crippen LogP contribution >= 0.6 is 15.9 Å². The quantitative estimate of drug-likeness (QED) is 0.0850. The van der Waals surface area contributed by atoms with E-state index in [9.17, 15) is 23.6 Å². The summed E-state index contributed by atoms with van der Waals surface area (Å²) in [4.78, 5) is 64.5. The number of likely N-dealkylation sites (tertiary alicyclic amines) is 1. The van der Waals surface area contributed by atoms with Gasteiger partial charge in [-0.2, -0.15) is 0 Å². The Labute approximate surface area is 331 Å². The molecule has 1 aromatic heterocycles. The first-order valence-electron chi connectivity index (χ1n) is 19.0. The third-order valence-electron chi connectivity index (χ3n) is 11.0. The van der Waals surface area contributed by atoms with Crippen LogP contribution in [0.5, 0.6) is 0 Å². The molecule has 4 aromatic rings. The summed E-state index contributed by atoms with van der Waals surface area (Å²) in [6.07, 6.45) is 5.96. The number of aromatic nitrogens is 2. The summed E-state index contributed by atoms with van der Waals surface area (Å²) in [5, 5.41) is 8.06. The summed E-state index contributed by atoms with van der Waals surface area (Å²) in [6, 6.07) is 13.8. The Morgan fingerprint density at radius 3 is 2.54 bits per heavy atom. The Balaban J connectivity index is 0.826. The highest BCUT2D eigenvalue weighted by atomic mass is 79.9. The van der Waals surface area contributed by atoms with Gasteiger partial charge in [0.2, 0.25) is 17.7 Å². The molecule has 16 heteroatoms. The first-order chi connectivity index (χ1) is 27.0. The van der Waals surface area contributed by atoms with E-state index < -0.39 is 17.5 Å². The maximum Gasteiger partial charge on any atom is 0.277 e. The number of halogens is 3. The van der Waals surface area contributed by atoms with Crippen LogP contribution in [-0.4, -0.2) is 84.0 Å². The molecule has 0 aliphatic carbocycles. The topological polar surface area (TPSA) is 150 Å². The molecule has 3 aromatic carbocycles. The van der Waals surface area contributed by atoms with Crippen molar-refractivity contribution in [1.29, 1.82) is 0 Å². The monoisotopic (exact) mass is 834 g/mol. The molecule has 3 fully saturated rings. The number of carbonyl (C=O) groups excluding carboxylic acids is 4. The fourth-order valence-corrected chi connectivity index (χ4v) is 8.19. The van der Waals surface area contributed by atoms with Crippen LogP contribution in [-0.2, 0) is 26.3 Å². The van der Waals surface area contributed by atoms with Crippen molar-refractivity contribution >= 4 is 67.7 Å². The number of fused-ring (bicyclic) bond motifs is 1. The molecule has 4 amide bonds. The largest absolute Gasteiger partial charge is 0.372 e. The van der Waals surface area contributed by atoms with E-state index in [4.69, 9.17) is 4.84 Å². The number of amides is 4. The van der Waals surface area contributed by atoms with Crippen LogP contribution < -0.4 is 26.3 Å². The zero-order valence-electron chi connectivity index (χ0n) is 31.1. The van der Waals surface area contributed by atoms with Crippen molar-refractivity contribution in [2.45, 2.75) is 44.4 Å². The Bertz CT molecular complexity index is 2120. The number of hydroxylamine groups is 1. The third-order valence-corrected chi connectivity index (χ3v) is 11.5. The lowest BCUT2D eigenvalue weighted by Crippen LogP contribution is -2.44. The van der Waals surface area contributed by atoms with Crippen molar-refractivity contribution in [1.82, 2.24) is 30.6 Å². The third kappa shape index (κ3) is 9.03. The molecule has 1 atom stereocenters. The summed E-state index contributed by atoms with van der Waals surface area (Å²) >= 11 is 3.20. The Morgan fingerprint density at radius 1 is 1.00 bits per heavy atom. The lowest BCUT2D eigenvalue weighted by Gasteiger charge is -2.38. The van der Waals surface area contributed by atoms with E-state index in [-0.39, 0.29) is 65.2 Å². The number of anilines is 3. The predicted molar refractivity (Wildman–Crippen MR) is 210 cm³/mol. The zero-order valence-corrected chi connectivity index (χ0v) is 32.7.